The number of alkyl halides is 3. The monoisotopic (exact) mass is 468 g/mol. The van der Waals surface area contributed by atoms with Crippen molar-refractivity contribution in [1.29, 1.82) is 0 Å². The van der Waals surface area contributed by atoms with E-state index in [4.69, 9.17) is 4.42 Å². The third kappa shape index (κ3) is 4.44. The number of benzene rings is 2. The highest BCUT2D eigenvalue weighted by Gasteiger charge is 2.32. The summed E-state index contributed by atoms with van der Waals surface area (Å²) in [7, 11) is 0. The Hall–Kier alpha value is -3.55. The molecule has 1 aliphatic heterocycles. The van der Waals surface area contributed by atoms with Crippen LogP contribution in [-0.4, -0.2) is 23.3 Å². The Bertz CT molecular complexity index is 1230. The molecular weight excluding hydrogens is 445 g/mol. The number of nitrogens with zero attached hydrogens (tertiary/aromatic N) is 1. The highest BCUT2D eigenvalue weighted by atomic mass is 19.4. The molecule has 2 aliphatic rings. The molecule has 5 nitrogen and oxygen atoms in total. The molecule has 3 aromatic rings. The minimum Gasteiger partial charge on any atom is -0.461 e. The highest BCUT2D eigenvalue weighted by molar-refractivity contribution is 5.94. The molecule has 1 N–H and O–H groups in total. The van der Waals surface area contributed by atoms with E-state index in [9.17, 15) is 22.8 Å². The zero-order valence-electron chi connectivity index (χ0n) is 18.3. The first-order chi connectivity index (χ1) is 16.3. The summed E-state index contributed by atoms with van der Waals surface area (Å²) in [4.78, 5) is 26.5. The smallest absolute Gasteiger partial charge is 0.416 e. The number of amides is 2. The molecule has 1 fully saturated rings. The van der Waals surface area contributed by atoms with Gasteiger partial charge in [0.25, 0.3) is 5.91 Å². The van der Waals surface area contributed by atoms with Gasteiger partial charge < -0.3 is 14.6 Å². The van der Waals surface area contributed by atoms with Gasteiger partial charge in [-0.25, -0.2) is 0 Å². The molecule has 2 aromatic carbocycles. The maximum Gasteiger partial charge on any atom is 0.416 e. The normalized spacial score (nSPS) is 16.0. The zero-order valence-corrected chi connectivity index (χ0v) is 18.3. The molecule has 0 radical (unpaired) electrons. The standard InChI is InChI=1S/C26H23F3N2O3/c27-26(28,29)20-6-2-5-18(13-20)25(33)31-12-11-22-19(15-31)14-23(34-22)16-7-9-21(10-8-16)30-24(32)17-3-1-4-17/h2,5-10,13-14,17H,1,3-4,11-12,15H2,(H,30,32). The first-order valence-corrected chi connectivity index (χ1v) is 11.3. The molecule has 1 aromatic heterocycles. The van der Waals surface area contributed by atoms with Crippen molar-refractivity contribution in [2.45, 2.75) is 38.4 Å². The maximum atomic E-state index is 13.0. The number of hydrogen-bond acceptors (Lipinski definition) is 3. The summed E-state index contributed by atoms with van der Waals surface area (Å²) < 4.78 is 45.1. The third-order valence-electron chi connectivity index (χ3n) is 6.50. The average Bonchev–Trinajstić information content (AvgIpc) is 3.21. The van der Waals surface area contributed by atoms with Gasteiger partial charge in [0, 0.05) is 47.8 Å². The van der Waals surface area contributed by atoms with Crippen LogP contribution < -0.4 is 5.32 Å². The lowest BCUT2D eigenvalue weighted by atomic mass is 9.85. The van der Waals surface area contributed by atoms with Crippen molar-refractivity contribution >= 4 is 17.5 Å². The van der Waals surface area contributed by atoms with Crippen molar-refractivity contribution in [3.63, 3.8) is 0 Å². The third-order valence-corrected chi connectivity index (χ3v) is 6.50. The van der Waals surface area contributed by atoms with Crippen molar-refractivity contribution in [2.75, 3.05) is 11.9 Å². The summed E-state index contributed by atoms with van der Waals surface area (Å²) in [6.45, 7) is 0.630. The topological polar surface area (TPSA) is 62.6 Å². The first kappa shape index (κ1) is 22.3. The molecule has 2 amide bonds. The van der Waals surface area contributed by atoms with Crippen LogP contribution in [-0.2, 0) is 23.9 Å². The second-order valence-corrected chi connectivity index (χ2v) is 8.81. The number of halogens is 3. The van der Waals surface area contributed by atoms with Crippen LogP contribution in [0, 0.1) is 5.92 Å². The minimum absolute atomic E-state index is 0.0153. The fourth-order valence-corrected chi connectivity index (χ4v) is 4.29. The molecule has 0 unspecified atom stereocenters. The lowest BCUT2D eigenvalue weighted by Crippen LogP contribution is -2.35. The molecule has 176 valence electrons. The molecule has 0 spiro atoms. The second kappa shape index (κ2) is 8.66. The summed E-state index contributed by atoms with van der Waals surface area (Å²) in [5.41, 5.74) is 1.58. The van der Waals surface area contributed by atoms with Gasteiger partial charge in [-0.05, 0) is 61.4 Å². The molecule has 1 aliphatic carbocycles. The lowest BCUT2D eigenvalue weighted by molar-refractivity contribution is -0.137. The van der Waals surface area contributed by atoms with Crippen molar-refractivity contribution in [1.82, 2.24) is 4.90 Å². The number of rotatable bonds is 4. The molecule has 8 heteroatoms. The molecule has 0 saturated heterocycles. The van der Waals surface area contributed by atoms with Gasteiger partial charge >= 0.3 is 6.18 Å². The van der Waals surface area contributed by atoms with Crippen LogP contribution in [0.4, 0.5) is 18.9 Å². The van der Waals surface area contributed by atoms with Crippen LogP contribution >= 0.6 is 0 Å². The van der Waals surface area contributed by atoms with E-state index >= 15 is 0 Å². The van der Waals surface area contributed by atoms with Gasteiger partial charge in [-0.1, -0.05) is 12.5 Å². The number of nitrogens with one attached hydrogen (secondary N) is 1. The second-order valence-electron chi connectivity index (χ2n) is 8.81. The molecule has 2 heterocycles. The van der Waals surface area contributed by atoms with Crippen molar-refractivity contribution in [3.05, 3.63) is 77.0 Å². The summed E-state index contributed by atoms with van der Waals surface area (Å²) in [6.07, 6.45) is -1.04. The molecular formula is C26H23F3N2O3. The maximum absolute atomic E-state index is 13.0. The number of hydrogen-bond donors (Lipinski definition) is 1. The fourth-order valence-electron chi connectivity index (χ4n) is 4.29. The molecule has 0 atom stereocenters. The van der Waals surface area contributed by atoms with Crippen LogP contribution in [0.1, 0.15) is 46.5 Å². The summed E-state index contributed by atoms with van der Waals surface area (Å²) in [5.74, 6) is 1.14. The number of anilines is 1. The Morgan fingerprint density at radius 2 is 1.79 bits per heavy atom. The Morgan fingerprint density at radius 3 is 2.47 bits per heavy atom. The molecule has 0 bridgehead atoms. The molecule has 1 saturated carbocycles. The van der Waals surface area contributed by atoms with E-state index in [1.807, 2.05) is 30.3 Å². The van der Waals surface area contributed by atoms with Gasteiger partial charge in [0.05, 0.1) is 5.56 Å². The van der Waals surface area contributed by atoms with Crippen LogP contribution in [0.5, 0.6) is 0 Å². The number of fused-ring (bicyclic) bond motifs is 1. The quantitative estimate of drug-likeness (QED) is 0.518. The average molecular weight is 468 g/mol. The van der Waals surface area contributed by atoms with Gasteiger partial charge in [0.15, 0.2) is 0 Å². The number of furan rings is 1. The fraction of sp³-hybridized carbons (Fsp3) is 0.308. The van der Waals surface area contributed by atoms with E-state index < -0.39 is 17.6 Å². The SMILES string of the molecule is O=C(Nc1ccc(-c2cc3c(o2)CCN(C(=O)c2cccc(C(F)(F)F)c2)C3)cc1)C1CCC1. The zero-order chi connectivity index (χ0) is 23.9. The van der Waals surface area contributed by atoms with E-state index in [1.54, 1.807) is 0 Å². The van der Waals surface area contributed by atoms with Crippen molar-refractivity contribution in [2.24, 2.45) is 5.92 Å². The van der Waals surface area contributed by atoms with Gasteiger partial charge in [0.2, 0.25) is 5.91 Å². The molecule has 34 heavy (non-hydrogen) atoms. The first-order valence-electron chi connectivity index (χ1n) is 11.3. The summed E-state index contributed by atoms with van der Waals surface area (Å²) >= 11 is 0. The summed E-state index contributed by atoms with van der Waals surface area (Å²) in [6, 6.07) is 13.8. The van der Waals surface area contributed by atoms with Gasteiger partial charge in [-0.2, -0.15) is 13.2 Å². The van der Waals surface area contributed by atoms with Gasteiger partial charge in [-0.3, -0.25) is 9.59 Å². The summed E-state index contributed by atoms with van der Waals surface area (Å²) in [5, 5.41) is 2.93. The van der Waals surface area contributed by atoms with Crippen LogP contribution in [0.3, 0.4) is 0 Å². The van der Waals surface area contributed by atoms with E-state index in [1.165, 1.54) is 17.0 Å². The Kier molecular flexibility index (Phi) is 5.67. The highest BCUT2D eigenvalue weighted by Crippen LogP contribution is 2.33. The molecule has 5 rings (SSSR count). The predicted octanol–water partition coefficient (Wildman–Crippen LogP) is 5.90. The van der Waals surface area contributed by atoms with Crippen molar-refractivity contribution < 1.29 is 27.2 Å². The Balaban J connectivity index is 1.28. The van der Waals surface area contributed by atoms with Crippen LogP contribution in [0.2, 0.25) is 0 Å². The van der Waals surface area contributed by atoms with E-state index in [2.05, 4.69) is 5.32 Å². The van der Waals surface area contributed by atoms with Crippen molar-refractivity contribution in [3.8, 4) is 11.3 Å². The predicted molar refractivity (Wildman–Crippen MR) is 120 cm³/mol. The minimum atomic E-state index is -4.50. The van der Waals surface area contributed by atoms with E-state index in [0.29, 0.717) is 18.7 Å². The largest absolute Gasteiger partial charge is 0.461 e. The number of carbonyl (C=O) groups excluding carboxylic acids is 2. The van der Waals surface area contributed by atoms with Crippen LogP contribution in [0.25, 0.3) is 11.3 Å². The van der Waals surface area contributed by atoms with Gasteiger partial charge in [0.1, 0.15) is 11.5 Å². The van der Waals surface area contributed by atoms with E-state index in [0.717, 1.165) is 54.0 Å². The Morgan fingerprint density at radius 1 is 1.03 bits per heavy atom. The Labute approximate surface area is 194 Å². The van der Waals surface area contributed by atoms with E-state index in [-0.39, 0.29) is 23.9 Å². The number of carbonyl (C=O) groups is 2. The van der Waals surface area contributed by atoms with Crippen LogP contribution in [0.15, 0.2) is 59.0 Å². The lowest BCUT2D eigenvalue weighted by Gasteiger charge is -2.26. The van der Waals surface area contributed by atoms with Gasteiger partial charge in [-0.15, -0.1) is 0 Å².